The summed E-state index contributed by atoms with van der Waals surface area (Å²) in [6.45, 7) is 10.6. The number of hydrogen-bond acceptors (Lipinski definition) is 2. The van der Waals surface area contributed by atoms with E-state index in [1.54, 1.807) is 0 Å². The van der Waals surface area contributed by atoms with E-state index < -0.39 is 0 Å². The summed E-state index contributed by atoms with van der Waals surface area (Å²) < 4.78 is 7.26. The van der Waals surface area contributed by atoms with Gasteiger partial charge >= 0.3 is 0 Å². The maximum Gasteiger partial charge on any atom is 0.211 e. The smallest absolute Gasteiger partial charge is 0.211 e. The lowest BCUT2D eigenvalue weighted by atomic mass is 9.88. The Morgan fingerprint density at radius 1 is 1.40 bits per heavy atom. The van der Waals surface area contributed by atoms with Crippen molar-refractivity contribution in [3.05, 3.63) is 22.3 Å². The molecule has 1 unspecified atom stereocenters. The Hall–Kier alpha value is -0.780. The fourth-order valence-corrected chi connectivity index (χ4v) is 3.53. The molecule has 1 N–H and O–H groups in total. The van der Waals surface area contributed by atoms with Crippen LogP contribution in [0.3, 0.4) is 0 Å². The summed E-state index contributed by atoms with van der Waals surface area (Å²) in [7, 11) is 0. The first kappa shape index (κ1) is 15.6. The van der Waals surface area contributed by atoms with Gasteiger partial charge < -0.3 is 10.1 Å². The lowest BCUT2D eigenvalue weighted by molar-refractivity contribution is -0.105. The Labute approximate surface area is 134 Å². The third-order valence-electron chi connectivity index (χ3n) is 4.09. The first-order chi connectivity index (χ1) is 9.34. The fraction of sp³-hybridized carbons (Fsp3) is 0.562. The lowest BCUT2D eigenvalue weighted by Gasteiger charge is -2.23. The molecule has 2 rings (SSSR count). The number of ether oxygens (including phenoxy) is 1. The van der Waals surface area contributed by atoms with E-state index in [4.69, 9.17) is 4.74 Å². The standard InChI is InChI=1S/C16H22INO2/c1-9(2)13-11(4)14(18-8-19)10(3)12-6-16(5,7-17)20-15(12)13/h8-9H,6-7H2,1-5H3,(H,18,19). The van der Waals surface area contributed by atoms with Gasteiger partial charge in [0.15, 0.2) is 0 Å². The molecule has 0 aliphatic carbocycles. The van der Waals surface area contributed by atoms with Crippen LogP contribution in [0.5, 0.6) is 5.75 Å². The number of hydrogen-bond donors (Lipinski definition) is 1. The van der Waals surface area contributed by atoms with Gasteiger partial charge in [-0.25, -0.2) is 0 Å². The molecule has 0 fully saturated rings. The van der Waals surface area contributed by atoms with Gasteiger partial charge in [0, 0.05) is 27.7 Å². The molecule has 0 bridgehead atoms. The molecule has 0 aromatic heterocycles. The zero-order chi connectivity index (χ0) is 15.1. The van der Waals surface area contributed by atoms with Crippen LogP contribution in [0.2, 0.25) is 0 Å². The van der Waals surface area contributed by atoms with Crippen molar-refractivity contribution in [2.45, 2.75) is 52.6 Å². The summed E-state index contributed by atoms with van der Waals surface area (Å²) >= 11 is 2.38. The first-order valence-electron chi connectivity index (χ1n) is 6.95. The summed E-state index contributed by atoms with van der Waals surface area (Å²) in [4.78, 5) is 10.9. The number of carbonyl (C=O) groups excluding carboxylic acids is 1. The maximum absolute atomic E-state index is 10.9. The minimum atomic E-state index is -0.135. The molecule has 1 aromatic rings. The number of fused-ring (bicyclic) bond motifs is 1. The molecule has 1 aromatic carbocycles. The van der Waals surface area contributed by atoms with Gasteiger partial charge in [-0.05, 0) is 37.8 Å². The van der Waals surface area contributed by atoms with Crippen LogP contribution in [0.15, 0.2) is 0 Å². The number of carbonyl (C=O) groups is 1. The number of rotatable bonds is 4. The van der Waals surface area contributed by atoms with Crippen molar-refractivity contribution in [3.63, 3.8) is 0 Å². The van der Waals surface area contributed by atoms with Gasteiger partial charge in [-0.3, -0.25) is 4.79 Å². The predicted molar refractivity (Wildman–Crippen MR) is 91.3 cm³/mol. The van der Waals surface area contributed by atoms with Crippen LogP contribution in [0, 0.1) is 13.8 Å². The molecule has 1 amide bonds. The number of amides is 1. The van der Waals surface area contributed by atoms with Crippen LogP contribution in [0.4, 0.5) is 5.69 Å². The number of nitrogens with one attached hydrogen (secondary N) is 1. The second kappa shape index (κ2) is 5.54. The SMILES string of the molecule is Cc1c2c(c(C(C)C)c(C)c1NC=O)OC(C)(CI)C2. The minimum Gasteiger partial charge on any atom is -0.486 e. The predicted octanol–water partition coefficient (Wildman–Crippen LogP) is 4.12. The van der Waals surface area contributed by atoms with Crippen molar-refractivity contribution in [3.8, 4) is 5.75 Å². The number of halogens is 1. The Morgan fingerprint density at radius 2 is 2.05 bits per heavy atom. The highest BCUT2D eigenvalue weighted by Gasteiger charge is 2.38. The van der Waals surface area contributed by atoms with E-state index in [0.29, 0.717) is 5.92 Å². The van der Waals surface area contributed by atoms with Gasteiger partial charge in [-0.1, -0.05) is 36.4 Å². The van der Waals surface area contributed by atoms with E-state index in [2.05, 4.69) is 62.5 Å². The van der Waals surface area contributed by atoms with E-state index in [1.165, 1.54) is 11.1 Å². The van der Waals surface area contributed by atoms with Gasteiger partial charge in [0.25, 0.3) is 0 Å². The van der Waals surface area contributed by atoms with Crippen molar-refractivity contribution in [1.29, 1.82) is 0 Å². The van der Waals surface area contributed by atoms with Crippen molar-refractivity contribution < 1.29 is 9.53 Å². The molecular formula is C16H22INO2. The zero-order valence-electron chi connectivity index (χ0n) is 12.8. The molecule has 1 atom stereocenters. The fourth-order valence-electron chi connectivity index (χ4n) is 3.10. The van der Waals surface area contributed by atoms with Crippen LogP contribution in [-0.2, 0) is 11.2 Å². The second-order valence-electron chi connectivity index (χ2n) is 6.13. The summed E-state index contributed by atoms with van der Waals surface area (Å²) in [6, 6.07) is 0. The minimum absolute atomic E-state index is 0.135. The van der Waals surface area contributed by atoms with Crippen molar-refractivity contribution in [1.82, 2.24) is 0 Å². The highest BCUT2D eigenvalue weighted by atomic mass is 127. The largest absolute Gasteiger partial charge is 0.486 e. The third kappa shape index (κ3) is 2.43. The molecule has 1 aliphatic heterocycles. The van der Waals surface area contributed by atoms with E-state index in [-0.39, 0.29) is 5.60 Å². The summed E-state index contributed by atoms with van der Waals surface area (Å²) in [5, 5.41) is 2.88. The van der Waals surface area contributed by atoms with Crippen LogP contribution in [-0.4, -0.2) is 16.4 Å². The molecular weight excluding hydrogens is 365 g/mol. The third-order valence-corrected chi connectivity index (χ3v) is 5.70. The Bertz CT molecular complexity index is 554. The van der Waals surface area contributed by atoms with Gasteiger partial charge in [-0.2, -0.15) is 0 Å². The van der Waals surface area contributed by atoms with E-state index in [0.717, 1.165) is 39.8 Å². The van der Waals surface area contributed by atoms with Crippen molar-refractivity contribution in [2.24, 2.45) is 0 Å². The lowest BCUT2D eigenvalue weighted by Crippen LogP contribution is -2.32. The number of anilines is 1. The van der Waals surface area contributed by atoms with Crippen LogP contribution in [0.1, 0.15) is 48.9 Å². The van der Waals surface area contributed by atoms with Crippen LogP contribution >= 0.6 is 22.6 Å². The Morgan fingerprint density at radius 3 is 2.55 bits per heavy atom. The molecule has 1 heterocycles. The molecule has 0 saturated heterocycles. The highest BCUT2D eigenvalue weighted by molar-refractivity contribution is 14.1. The second-order valence-corrected chi connectivity index (χ2v) is 6.89. The first-order valence-corrected chi connectivity index (χ1v) is 8.48. The van der Waals surface area contributed by atoms with Crippen molar-refractivity contribution in [2.75, 3.05) is 9.74 Å². The number of benzene rings is 1. The van der Waals surface area contributed by atoms with E-state index >= 15 is 0 Å². The van der Waals surface area contributed by atoms with Gasteiger partial charge in [0.2, 0.25) is 6.41 Å². The van der Waals surface area contributed by atoms with Crippen molar-refractivity contribution >= 4 is 34.7 Å². The van der Waals surface area contributed by atoms with Gasteiger partial charge in [-0.15, -0.1) is 0 Å². The topological polar surface area (TPSA) is 38.3 Å². The van der Waals surface area contributed by atoms with Crippen LogP contribution < -0.4 is 10.1 Å². The number of alkyl halides is 1. The zero-order valence-corrected chi connectivity index (χ0v) is 14.9. The molecule has 0 saturated carbocycles. The molecule has 3 nitrogen and oxygen atoms in total. The monoisotopic (exact) mass is 387 g/mol. The summed E-state index contributed by atoms with van der Waals surface area (Å²) in [5.74, 6) is 1.42. The normalized spacial score (nSPS) is 20.8. The molecule has 20 heavy (non-hydrogen) atoms. The summed E-state index contributed by atoms with van der Waals surface area (Å²) in [6.07, 6.45) is 1.67. The molecule has 4 heteroatoms. The quantitative estimate of drug-likeness (QED) is 0.480. The Kier molecular flexibility index (Phi) is 4.33. The van der Waals surface area contributed by atoms with E-state index in [9.17, 15) is 4.79 Å². The van der Waals surface area contributed by atoms with Crippen LogP contribution in [0.25, 0.3) is 0 Å². The van der Waals surface area contributed by atoms with Gasteiger partial charge in [0.05, 0.1) is 0 Å². The molecule has 110 valence electrons. The Balaban J connectivity index is 2.69. The summed E-state index contributed by atoms with van der Waals surface area (Å²) in [5.41, 5.74) is 5.56. The van der Waals surface area contributed by atoms with Gasteiger partial charge in [0.1, 0.15) is 11.4 Å². The molecule has 0 radical (unpaired) electrons. The highest BCUT2D eigenvalue weighted by Crippen LogP contribution is 2.47. The molecule has 1 aliphatic rings. The average Bonchev–Trinajstić information content (AvgIpc) is 2.73. The van der Waals surface area contributed by atoms with E-state index in [1.807, 2.05) is 0 Å². The maximum atomic E-state index is 10.9. The molecule has 0 spiro atoms. The average molecular weight is 387 g/mol.